The number of nitrogens with two attached hydrogens (primary N) is 1. The van der Waals surface area contributed by atoms with Crippen LogP contribution < -0.4 is 16.0 Å². The molecule has 4 N–H and O–H groups in total. The Balaban J connectivity index is 1.99. The van der Waals surface area contributed by atoms with Crippen molar-refractivity contribution >= 4 is 23.1 Å². The maximum atomic E-state index is 14.3. The van der Waals surface area contributed by atoms with Crippen LogP contribution in [0.4, 0.5) is 15.8 Å². The van der Waals surface area contributed by atoms with Crippen LogP contribution in [0.25, 0.3) is 11.1 Å². The first kappa shape index (κ1) is 21.8. The zero-order chi connectivity index (χ0) is 22.4. The summed E-state index contributed by atoms with van der Waals surface area (Å²) in [5, 5.41) is 15.0. The highest BCUT2D eigenvalue weighted by molar-refractivity contribution is 6.10. The second-order valence-electron chi connectivity index (χ2n) is 6.90. The molecule has 3 rings (SSSR count). The second kappa shape index (κ2) is 9.75. The molecule has 0 saturated heterocycles. The standard InChI is InChI=1S/C24H25FN4O2/c1-3-29(4-2)18-9-7-8-17(14-18)24(30)27-22-15-16(12-13-20(22)23(26)28-31)19-10-5-6-11-21(19)25/h5-15,31H,3-4H2,1-2H3,(H2,26,28)(H,27,30). The molecule has 6 nitrogen and oxygen atoms in total. The summed E-state index contributed by atoms with van der Waals surface area (Å²) in [6, 6.07) is 18.5. The van der Waals surface area contributed by atoms with Crippen LogP contribution in [-0.2, 0) is 0 Å². The monoisotopic (exact) mass is 420 g/mol. The number of halogens is 1. The van der Waals surface area contributed by atoms with Crippen molar-refractivity contribution in [2.45, 2.75) is 13.8 Å². The molecule has 0 aliphatic carbocycles. The van der Waals surface area contributed by atoms with Crippen molar-refractivity contribution in [3.05, 3.63) is 83.7 Å². The Labute approximate surface area is 180 Å². The fraction of sp³-hybridized carbons (Fsp3) is 0.167. The molecular weight excluding hydrogens is 395 g/mol. The first-order chi connectivity index (χ1) is 15.0. The lowest BCUT2D eigenvalue weighted by atomic mass is 10.0. The van der Waals surface area contributed by atoms with E-state index in [0.717, 1.165) is 18.8 Å². The predicted molar refractivity (Wildman–Crippen MR) is 122 cm³/mol. The van der Waals surface area contributed by atoms with Crippen LogP contribution in [0.1, 0.15) is 29.8 Å². The van der Waals surface area contributed by atoms with E-state index in [4.69, 9.17) is 10.9 Å². The Hall–Kier alpha value is -3.87. The Morgan fingerprint density at radius 3 is 2.48 bits per heavy atom. The van der Waals surface area contributed by atoms with Gasteiger partial charge in [-0.1, -0.05) is 35.5 Å². The summed E-state index contributed by atoms with van der Waals surface area (Å²) in [4.78, 5) is 15.1. The number of hydrogen-bond donors (Lipinski definition) is 3. The van der Waals surface area contributed by atoms with Crippen molar-refractivity contribution in [2.75, 3.05) is 23.3 Å². The molecule has 0 heterocycles. The number of nitrogens with one attached hydrogen (secondary N) is 1. The molecule has 31 heavy (non-hydrogen) atoms. The maximum absolute atomic E-state index is 14.3. The number of anilines is 2. The molecule has 0 saturated carbocycles. The van der Waals surface area contributed by atoms with Gasteiger partial charge in [0.1, 0.15) is 5.82 Å². The van der Waals surface area contributed by atoms with Gasteiger partial charge in [-0.3, -0.25) is 4.79 Å². The summed E-state index contributed by atoms with van der Waals surface area (Å²) in [6.45, 7) is 5.74. The lowest BCUT2D eigenvalue weighted by Crippen LogP contribution is -2.23. The number of carbonyl (C=O) groups is 1. The largest absolute Gasteiger partial charge is 0.409 e. The van der Waals surface area contributed by atoms with E-state index >= 15 is 0 Å². The van der Waals surface area contributed by atoms with Gasteiger partial charge in [-0.25, -0.2) is 4.39 Å². The van der Waals surface area contributed by atoms with Gasteiger partial charge in [-0.2, -0.15) is 0 Å². The van der Waals surface area contributed by atoms with Crippen molar-refractivity contribution in [3.63, 3.8) is 0 Å². The number of amides is 1. The highest BCUT2D eigenvalue weighted by Gasteiger charge is 2.15. The maximum Gasteiger partial charge on any atom is 0.255 e. The number of hydrogen-bond acceptors (Lipinski definition) is 4. The Morgan fingerprint density at radius 1 is 1.06 bits per heavy atom. The Morgan fingerprint density at radius 2 is 1.81 bits per heavy atom. The lowest BCUT2D eigenvalue weighted by Gasteiger charge is -2.21. The van der Waals surface area contributed by atoms with Crippen molar-refractivity contribution < 1.29 is 14.4 Å². The van der Waals surface area contributed by atoms with Crippen molar-refractivity contribution in [1.29, 1.82) is 0 Å². The molecule has 0 aromatic heterocycles. The second-order valence-corrected chi connectivity index (χ2v) is 6.90. The van der Waals surface area contributed by atoms with E-state index in [1.165, 1.54) is 6.07 Å². The topological polar surface area (TPSA) is 91.0 Å². The summed E-state index contributed by atoms with van der Waals surface area (Å²) in [7, 11) is 0. The molecule has 1 amide bonds. The van der Waals surface area contributed by atoms with Crippen molar-refractivity contribution in [1.82, 2.24) is 0 Å². The molecule has 0 spiro atoms. The molecule has 0 aliphatic rings. The van der Waals surface area contributed by atoms with E-state index in [1.54, 1.807) is 42.5 Å². The van der Waals surface area contributed by atoms with Gasteiger partial charge >= 0.3 is 0 Å². The molecule has 0 fully saturated rings. The van der Waals surface area contributed by atoms with Crippen LogP contribution in [-0.4, -0.2) is 30.0 Å². The lowest BCUT2D eigenvalue weighted by molar-refractivity contribution is 0.102. The number of oxime groups is 1. The quantitative estimate of drug-likeness (QED) is 0.224. The van der Waals surface area contributed by atoms with Gasteiger partial charge in [0.2, 0.25) is 0 Å². The molecule has 7 heteroatoms. The highest BCUT2D eigenvalue weighted by Crippen LogP contribution is 2.28. The van der Waals surface area contributed by atoms with Gasteiger partial charge in [0.25, 0.3) is 5.91 Å². The minimum atomic E-state index is -0.386. The first-order valence-electron chi connectivity index (χ1n) is 10.0. The molecule has 0 atom stereocenters. The number of nitrogens with zero attached hydrogens (tertiary/aromatic N) is 2. The SMILES string of the molecule is CCN(CC)c1cccc(C(=O)Nc2cc(-c3ccccc3F)ccc2/C(N)=N/O)c1. The van der Waals surface area contributed by atoms with Crippen molar-refractivity contribution in [2.24, 2.45) is 10.9 Å². The van der Waals surface area contributed by atoms with Gasteiger partial charge < -0.3 is 21.2 Å². The predicted octanol–water partition coefficient (Wildman–Crippen LogP) is 4.69. The first-order valence-corrected chi connectivity index (χ1v) is 10.0. The van der Waals surface area contributed by atoms with E-state index in [2.05, 4.69) is 15.4 Å². The Bertz CT molecular complexity index is 1110. The number of carbonyl (C=O) groups excluding carboxylic acids is 1. The zero-order valence-electron chi connectivity index (χ0n) is 17.5. The smallest absolute Gasteiger partial charge is 0.255 e. The normalized spacial score (nSPS) is 11.3. The van der Waals surface area contributed by atoms with Crippen LogP contribution in [0.15, 0.2) is 71.9 Å². The van der Waals surface area contributed by atoms with Crippen LogP contribution in [0.5, 0.6) is 0 Å². The van der Waals surface area contributed by atoms with Gasteiger partial charge in [0, 0.05) is 35.5 Å². The molecular formula is C24H25FN4O2. The fourth-order valence-corrected chi connectivity index (χ4v) is 3.41. The molecule has 0 bridgehead atoms. The number of benzene rings is 3. The van der Waals surface area contributed by atoms with E-state index in [-0.39, 0.29) is 17.6 Å². The minimum absolute atomic E-state index is 0.160. The summed E-state index contributed by atoms with van der Waals surface area (Å²) in [6.07, 6.45) is 0. The summed E-state index contributed by atoms with van der Waals surface area (Å²) >= 11 is 0. The average molecular weight is 420 g/mol. The van der Waals surface area contributed by atoms with Crippen LogP contribution in [0.3, 0.4) is 0 Å². The molecule has 160 valence electrons. The molecule has 3 aromatic carbocycles. The van der Waals surface area contributed by atoms with Crippen LogP contribution in [0, 0.1) is 5.82 Å². The third-order valence-corrected chi connectivity index (χ3v) is 5.07. The number of amidine groups is 1. The van der Waals surface area contributed by atoms with E-state index in [0.29, 0.717) is 27.9 Å². The van der Waals surface area contributed by atoms with Crippen LogP contribution >= 0.6 is 0 Å². The Kier molecular flexibility index (Phi) is 6.87. The molecule has 0 aliphatic heterocycles. The van der Waals surface area contributed by atoms with E-state index in [1.807, 2.05) is 32.0 Å². The van der Waals surface area contributed by atoms with E-state index < -0.39 is 0 Å². The summed E-state index contributed by atoms with van der Waals surface area (Å²) < 4.78 is 14.3. The summed E-state index contributed by atoms with van der Waals surface area (Å²) in [5.74, 6) is -0.901. The molecule has 0 unspecified atom stereocenters. The van der Waals surface area contributed by atoms with Gasteiger partial charge in [0.05, 0.1) is 5.69 Å². The van der Waals surface area contributed by atoms with E-state index in [9.17, 15) is 9.18 Å². The average Bonchev–Trinajstić information content (AvgIpc) is 2.80. The third-order valence-electron chi connectivity index (χ3n) is 5.07. The molecule has 0 radical (unpaired) electrons. The van der Waals surface area contributed by atoms with Crippen molar-refractivity contribution in [3.8, 4) is 11.1 Å². The minimum Gasteiger partial charge on any atom is -0.409 e. The van der Waals surface area contributed by atoms with Gasteiger partial charge in [-0.05, 0) is 55.8 Å². The molecule has 3 aromatic rings. The number of rotatable bonds is 7. The summed E-state index contributed by atoms with van der Waals surface area (Å²) in [5.41, 5.74) is 8.78. The fourth-order valence-electron chi connectivity index (χ4n) is 3.41. The van der Waals surface area contributed by atoms with Gasteiger partial charge in [-0.15, -0.1) is 0 Å². The van der Waals surface area contributed by atoms with Crippen LogP contribution in [0.2, 0.25) is 0 Å². The highest BCUT2D eigenvalue weighted by atomic mass is 19.1. The third kappa shape index (κ3) is 4.83. The zero-order valence-corrected chi connectivity index (χ0v) is 17.5. The van der Waals surface area contributed by atoms with Gasteiger partial charge in [0.15, 0.2) is 5.84 Å².